The highest BCUT2D eigenvalue weighted by Crippen LogP contribution is 2.27. The van der Waals surface area contributed by atoms with Gasteiger partial charge < -0.3 is 14.6 Å². The Labute approximate surface area is 73.7 Å². The molecule has 0 saturated carbocycles. The summed E-state index contributed by atoms with van der Waals surface area (Å²) in [6, 6.07) is 0. The van der Waals surface area contributed by atoms with Gasteiger partial charge in [0.15, 0.2) is 6.29 Å². The number of ether oxygens (including phenoxy) is 2. The summed E-state index contributed by atoms with van der Waals surface area (Å²) in [4.78, 5) is 0. The number of aliphatic hydroxyl groups is 1. The van der Waals surface area contributed by atoms with Crippen LogP contribution in [0.1, 0.15) is 20.8 Å². The zero-order valence-electron chi connectivity index (χ0n) is 8.04. The summed E-state index contributed by atoms with van der Waals surface area (Å²) in [5, 5.41) is 9.05. The molecular formula is C9H18O3. The third-order valence-corrected chi connectivity index (χ3v) is 2.11. The predicted octanol–water partition coefficient (Wildman–Crippen LogP) is 1.01. The molecule has 1 rings (SSSR count). The lowest BCUT2D eigenvalue weighted by atomic mass is 9.93. The van der Waals surface area contributed by atoms with Crippen LogP contribution >= 0.6 is 0 Å². The van der Waals surface area contributed by atoms with Gasteiger partial charge in [0.05, 0.1) is 19.8 Å². The molecule has 0 aliphatic carbocycles. The highest BCUT2D eigenvalue weighted by Gasteiger charge is 2.33. The van der Waals surface area contributed by atoms with Crippen molar-refractivity contribution in [1.29, 1.82) is 0 Å². The van der Waals surface area contributed by atoms with Gasteiger partial charge in [0.1, 0.15) is 0 Å². The second-order valence-electron chi connectivity index (χ2n) is 4.25. The molecule has 0 radical (unpaired) electrons. The Morgan fingerprint density at radius 3 is 2.25 bits per heavy atom. The summed E-state index contributed by atoms with van der Waals surface area (Å²) in [7, 11) is 0. The molecule has 0 aromatic rings. The smallest absolute Gasteiger partial charge is 0.164 e. The maximum Gasteiger partial charge on any atom is 0.164 e. The van der Waals surface area contributed by atoms with Crippen molar-refractivity contribution in [2.75, 3.05) is 19.8 Å². The molecule has 1 fully saturated rings. The van der Waals surface area contributed by atoms with Gasteiger partial charge in [-0.2, -0.15) is 0 Å². The summed E-state index contributed by atoms with van der Waals surface area (Å²) < 4.78 is 10.9. The maximum absolute atomic E-state index is 9.05. The van der Waals surface area contributed by atoms with E-state index in [0.717, 1.165) is 13.2 Å². The summed E-state index contributed by atoms with van der Waals surface area (Å²) in [6.07, 6.45) is -0.251. The molecular weight excluding hydrogens is 156 g/mol. The first-order valence-electron chi connectivity index (χ1n) is 4.40. The molecule has 0 aromatic carbocycles. The molecule has 72 valence electrons. The van der Waals surface area contributed by atoms with E-state index in [1.54, 1.807) is 0 Å². The first-order valence-corrected chi connectivity index (χ1v) is 4.40. The normalized spacial score (nSPS) is 32.0. The van der Waals surface area contributed by atoms with E-state index in [1.807, 2.05) is 13.8 Å². The predicted molar refractivity (Wildman–Crippen MR) is 45.7 cm³/mol. The van der Waals surface area contributed by atoms with E-state index in [1.165, 1.54) is 0 Å². The molecule has 0 amide bonds. The summed E-state index contributed by atoms with van der Waals surface area (Å²) in [5.74, 6) is 0.468. The van der Waals surface area contributed by atoms with Crippen LogP contribution in [-0.4, -0.2) is 31.2 Å². The molecule has 1 aliphatic heterocycles. The molecule has 0 bridgehead atoms. The molecule has 0 atom stereocenters. The molecule has 0 unspecified atom stereocenters. The van der Waals surface area contributed by atoms with E-state index in [4.69, 9.17) is 14.6 Å². The van der Waals surface area contributed by atoms with Gasteiger partial charge in [0, 0.05) is 11.3 Å². The van der Waals surface area contributed by atoms with Gasteiger partial charge in [-0.3, -0.25) is 0 Å². The molecule has 1 N–H and O–H groups in total. The first-order chi connectivity index (χ1) is 5.56. The maximum atomic E-state index is 9.05. The minimum absolute atomic E-state index is 0.0893. The monoisotopic (exact) mass is 174 g/mol. The quantitative estimate of drug-likeness (QED) is 0.679. The van der Waals surface area contributed by atoms with Gasteiger partial charge in [-0.25, -0.2) is 0 Å². The van der Waals surface area contributed by atoms with E-state index in [0.29, 0.717) is 5.92 Å². The van der Waals surface area contributed by atoms with E-state index in [-0.39, 0.29) is 18.3 Å². The van der Waals surface area contributed by atoms with Crippen molar-refractivity contribution < 1.29 is 14.6 Å². The van der Waals surface area contributed by atoms with Crippen molar-refractivity contribution in [3.05, 3.63) is 0 Å². The Morgan fingerprint density at radius 1 is 1.33 bits per heavy atom. The van der Waals surface area contributed by atoms with Gasteiger partial charge in [0.2, 0.25) is 0 Å². The van der Waals surface area contributed by atoms with Gasteiger partial charge in [-0.15, -0.1) is 0 Å². The zero-order chi connectivity index (χ0) is 9.19. The van der Waals surface area contributed by atoms with Crippen LogP contribution in [0, 0.1) is 11.3 Å². The highest BCUT2D eigenvalue weighted by atomic mass is 16.7. The van der Waals surface area contributed by atoms with Gasteiger partial charge in [-0.05, 0) is 0 Å². The molecule has 12 heavy (non-hydrogen) atoms. The molecule has 1 aliphatic rings. The standard InChI is InChI=1S/C9H18O3/c1-7-4-11-8(12-5-7)9(2,3)6-10/h7-8,10H,4-6H2,1-3H3. The Balaban J connectivity index is 2.44. The topological polar surface area (TPSA) is 38.7 Å². The van der Waals surface area contributed by atoms with Crippen LogP contribution in [-0.2, 0) is 9.47 Å². The van der Waals surface area contributed by atoms with E-state index in [9.17, 15) is 0 Å². The average molecular weight is 174 g/mol. The lowest BCUT2D eigenvalue weighted by molar-refractivity contribution is -0.249. The number of hydrogen-bond donors (Lipinski definition) is 1. The summed E-state index contributed by atoms with van der Waals surface area (Å²) >= 11 is 0. The summed E-state index contributed by atoms with van der Waals surface area (Å²) in [5.41, 5.74) is -0.292. The lowest BCUT2D eigenvalue weighted by Gasteiger charge is -2.36. The molecule has 3 nitrogen and oxygen atoms in total. The van der Waals surface area contributed by atoms with Crippen LogP contribution in [0.2, 0.25) is 0 Å². The van der Waals surface area contributed by atoms with Crippen molar-refractivity contribution in [3.63, 3.8) is 0 Å². The highest BCUT2D eigenvalue weighted by molar-refractivity contribution is 4.74. The molecule has 0 aromatic heterocycles. The van der Waals surface area contributed by atoms with Crippen molar-refractivity contribution in [2.45, 2.75) is 27.1 Å². The van der Waals surface area contributed by atoms with Gasteiger partial charge in [0.25, 0.3) is 0 Å². The Morgan fingerprint density at radius 2 is 1.83 bits per heavy atom. The Hall–Kier alpha value is -0.120. The van der Waals surface area contributed by atoms with Crippen LogP contribution in [0.15, 0.2) is 0 Å². The number of aliphatic hydroxyl groups excluding tert-OH is 1. The lowest BCUT2D eigenvalue weighted by Crippen LogP contribution is -2.42. The summed E-state index contributed by atoms with van der Waals surface area (Å²) in [6.45, 7) is 7.51. The van der Waals surface area contributed by atoms with E-state index >= 15 is 0 Å². The van der Waals surface area contributed by atoms with Crippen molar-refractivity contribution >= 4 is 0 Å². The van der Waals surface area contributed by atoms with Crippen molar-refractivity contribution in [1.82, 2.24) is 0 Å². The fourth-order valence-electron chi connectivity index (χ4n) is 1.13. The van der Waals surface area contributed by atoms with Crippen LogP contribution in [0.4, 0.5) is 0 Å². The largest absolute Gasteiger partial charge is 0.396 e. The fourth-order valence-corrected chi connectivity index (χ4v) is 1.13. The number of rotatable bonds is 2. The van der Waals surface area contributed by atoms with Crippen molar-refractivity contribution in [2.24, 2.45) is 11.3 Å². The zero-order valence-corrected chi connectivity index (χ0v) is 8.04. The van der Waals surface area contributed by atoms with E-state index in [2.05, 4.69) is 6.92 Å². The fraction of sp³-hybridized carbons (Fsp3) is 1.00. The van der Waals surface area contributed by atoms with Gasteiger partial charge >= 0.3 is 0 Å². The second-order valence-corrected chi connectivity index (χ2v) is 4.25. The Bertz CT molecular complexity index is 137. The van der Waals surface area contributed by atoms with Crippen LogP contribution < -0.4 is 0 Å². The average Bonchev–Trinajstić information content (AvgIpc) is 2.05. The molecule has 0 spiro atoms. The van der Waals surface area contributed by atoms with Crippen LogP contribution in [0.5, 0.6) is 0 Å². The van der Waals surface area contributed by atoms with Crippen molar-refractivity contribution in [3.8, 4) is 0 Å². The van der Waals surface area contributed by atoms with Gasteiger partial charge in [-0.1, -0.05) is 20.8 Å². The molecule has 3 heteroatoms. The third-order valence-electron chi connectivity index (χ3n) is 2.11. The molecule has 1 saturated heterocycles. The second kappa shape index (κ2) is 3.73. The first kappa shape index (κ1) is 9.96. The Kier molecular flexibility index (Phi) is 3.09. The van der Waals surface area contributed by atoms with E-state index < -0.39 is 0 Å². The minimum Gasteiger partial charge on any atom is -0.396 e. The SMILES string of the molecule is CC1COC(C(C)(C)CO)OC1. The molecule has 1 heterocycles. The third kappa shape index (κ3) is 2.19. The minimum atomic E-state index is -0.292. The van der Waals surface area contributed by atoms with Crippen LogP contribution in [0.3, 0.4) is 0 Å². The van der Waals surface area contributed by atoms with Crippen LogP contribution in [0.25, 0.3) is 0 Å². The number of hydrogen-bond acceptors (Lipinski definition) is 3.